The number of aromatic nitrogens is 1. The third-order valence-corrected chi connectivity index (χ3v) is 27.8. The molecule has 0 unspecified atom stereocenters. The molecule has 4 aliphatic rings. The van der Waals surface area contributed by atoms with Crippen LogP contribution in [0.15, 0.2) is 51.1 Å². The molecular formula is C57H91NO10Si2. The Bertz CT molecular complexity index is 2330. The molecule has 2 aromatic rings. The molecule has 4 heterocycles. The second kappa shape index (κ2) is 20.1. The minimum atomic E-state index is -2.21. The zero-order chi connectivity index (χ0) is 53.1. The summed E-state index contributed by atoms with van der Waals surface area (Å²) in [6.45, 7) is 45.8. The number of hydrogen-bond acceptors (Lipinski definition) is 11. The highest BCUT2D eigenvalue weighted by Gasteiger charge is 2.67. The van der Waals surface area contributed by atoms with Crippen molar-refractivity contribution in [2.24, 2.45) is 46.3 Å². The predicted octanol–water partition coefficient (Wildman–Crippen LogP) is 13.8. The van der Waals surface area contributed by atoms with Crippen LogP contribution >= 0.6 is 0 Å². The summed E-state index contributed by atoms with van der Waals surface area (Å²) in [5.74, 6) is 0.436. The van der Waals surface area contributed by atoms with Gasteiger partial charge in [-0.05, 0) is 117 Å². The number of hydrogen-bond donors (Lipinski definition) is 0. The average Bonchev–Trinajstić information content (AvgIpc) is 3.23. The summed E-state index contributed by atoms with van der Waals surface area (Å²) in [6.07, 6.45) is 8.63. The largest absolute Gasteiger partial charge is 0.488 e. The van der Waals surface area contributed by atoms with Crippen LogP contribution in [0.3, 0.4) is 0 Å². The number of fused-ring (bicyclic) bond motifs is 3. The normalized spacial score (nSPS) is 28.7. The van der Waals surface area contributed by atoms with E-state index in [-0.39, 0.29) is 68.0 Å². The fraction of sp³-hybridized carbons (Fsp3) is 0.737. The Hall–Kier alpha value is -3.40. The van der Waals surface area contributed by atoms with Crippen LogP contribution in [0.25, 0.3) is 11.3 Å². The van der Waals surface area contributed by atoms with E-state index < -0.39 is 56.7 Å². The third-order valence-electron chi connectivity index (χ3n) is 18.8. The highest BCUT2D eigenvalue weighted by Crippen LogP contribution is 2.61. The van der Waals surface area contributed by atoms with E-state index in [1.165, 1.54) is 7.11 Å². The van der Waals surface area contributed by atoms with Gasteiger partial charge >= 0.3 is 11.6 Å². The van der Waals surface area contributed by atoms with Gasteiger partial charge in [-0.2, -0.15) is 0 Å². The van der Waals surface area contributed by atoms with Gasteiger partial charge < -0.3 is 27.5 Å². The number of Topliss-reactive ketones (excluding diaryl/α,β-unsaturated/α-hetero) is 2. The van der Waals surface area contributed by atoms with E-state index in [1.807, 2.05) is 19.9 Å². The van der Waals surface area contributed by atoms with Crippen LogP contribution in [-0.2, 0) is 27.9 Å². The molecule has 0 amide bonds. The van der Waals surface area contributed by atoms with E-state index in [0.29, 0.717) is 28.9 Å². The first kappa shape index (κ1) is 57.5. The van der Waals surface area contributed by atoms with Crippen LogP contribution in [0.2, 0.25) is 36.3 Å². The maximum Gasteiger partial charge on any atom is 0.351 e. The Morgan fingerprint density at radius 3 is 1.59 bits per heavy atom. The Morgan fingerprint density at radius 1 is 0.743 bits per heavy atom. The van der Waals surface area contributed by atoms with Crippen LogP contribution in [0.5, 0.6) is 5.75 Å². The summed E-state index contributed by atoms with van der Waals surface area (Å²) < 4.78 is 38.2. The van der Waals surface area contributed by atoms with Gasteiger partial charge in [-0.3, -0.25) is 14.6 Å². The molecule has 2 aliphatic heterocycles. The van der Waals surface area contributed by atoms with Gasteiger partial charge in [0, 0.05) is 24.0 Å². The van der Waals surface area contributed by atoms with Gasteiger partial charge in [0.1, 0.15) is 39.6 Å². The lowest BCUT2D eigenvalue weighted by atomic mass is 9.50. The second-order valence-corrected chi connectivity index (χ2v) is 35.2. The lowest BCUT2D eigenvalue weighted by Gasteiger charge is -2.61. The molecule has 392 valence electrons. The fourth-order valence-corrected chi connectivity index (χ4v) is 15.6. The van der Waals surface area contributed by atoms with Crippen LogP contribution in [0.1, 0.15) is 167 Å². The van der Waals surface area contributed by atoms with Gasteiger partial charge in [0.15, 0.2) is 28.2 Å². The number of rotatable bonds is 12. The van der Waals surface area contributed by atoms with Gasteiger partial charge in [-0.25, -0.2) is 9.59 Å². The summed E-state index contributed by atoms with van der Waals surface area (Å²) in [4.78, 5) is 58.4. The maximum atomic E-state index is 14.4. The van der Waals surface area contributed by atoms with Gasteiger partial charge in [-0.1, -0.05) is 123 Å². The topological polar surface area (TPSA) is 140 Å². The molecule has 0 saturated heterocycles. The average molecular weight is 1010 g/mol. The number of esters is 1. The lowest BCUT2D eigenvalue weighted by molar-refractivity contribution is -0.205. The van der Waals surface area contributed by atoms with Crippen molar-refractivity contribution >= 4 is 34.2 Å². The number of nitrogens with zero attached hydrogens (tertiary/aromatic N) is 1. The number of ether oxygens (including phenoxy) is 3. The summed E-state index contributed by atoms with van der Waals surface area (Å²) >= 11 is 0. The lowest BCUT2D eigenvalue weighted by Crippen LogP contribution is -2.69. The van der Waals surface area contributed by atoms with Crippen molar-refractivity contribution in [1.29, 1.82) is 0 Å². The first-order chi connectivity index (χ1) is 32.1. The molecule has 8 atom stereocenters. The van der Waals surface area contributed by atoms with Crippen LogP contribution in [0, 0.1) is 46.3 Å². The van der Waals surface area contributed by atoms with Crippen molar-refractivity contribution in [2.75, 3.05) is 7.11 Å². The quantitative estimate of drug-likeness (QED) is 0.114. The van der Waals surface area contributed by atoms with E-state index in [4.69, 9.17) is 27.5 Å². The summed E-state index contributed by atoms with van der Waals surface area (Å²) in [5.41, 5.74) is -2.44. The minimum absolute atomic E-state index is 0.00135. The second-order valence-electron chi connectivity index (χ2n) is 25.7. The first-order valence-electron chi connectivity index (χ1n) is 26.3. The molecule has 2 aromatic heterocycles. The number of methoxy groups -OCH3 is 1. The zero-order valence-corrected chi connectivity index (χ0v) is 49.3. The van der Waals surface area contributed by atoms with Crippen molar-refractivity contribution in [1.82, 2.24) is 4.98 Å². The molecule has 70 heavy (non-hydrogen) atoms. The van der Waals surface area contributed by atoms with Crippen LogP contribution < -0.4 is 10.4 Å². The number of ketones is 2. The van der Waals surface area contributed by atoms with E-state index in [0.717, 1.165) is 38.5 Å². The molecule has 0 aromatic carbocycles. The highest BCUT2D eigenvalue weighted by molar-refractivity contribution is 6.74. The Balaban J connectivity index is 0.000000265. The Kier molecular flexibility index (Phi) is 16.5. The Labute approximate surface area is 423 Å². The smallest absolute Gasteiger partial charge is 0.351 e. The predicted molar refractivity (Wildman–Crippen MR) is 284 cm³/mol. The summed E-state index contributed by atoms with van der Waals surface area (Å²) in [6, 6.07) is 5.28. The summed E-state index contributed by atoms with van der Waals surface area (Å²) in [5, 5.41) is 0.0400. The fourth-order valence-electron chi connectivity index (χ4n) is 12.8. The SMILES string of the molecule is CCC(CC)[C@@H]1C[C@H](O[Si](C)(C)C(C)(C)C)[C@@]2(C)OC(C)=C(C(=O)OC)C(=O)[C@@H]2C1(C)C.CCC(CC)[C@@H]1C[C@H](O[Si](C)(C)C(C)(C)C)[C@@]2(C)Oc3cc(-c4cccnc4)oc(=O)c3C(=O)[C@@H]2C1(C)C. The molecule has 0 bridgehead atoms. The van der Waals surface area contributed by atoms with Crippen molar-refractivity contribution in [3.05, 3.63) is 57.9 Å². The van der Waals surface area contributed by atoms with Crippen LogP contribution in [-0.4, -0.2) is 69.7 Å². The molecule has 0 N–H and O–H groups in total. The van der Waals surface area contributed by atoms with Crippen LogP contribution in [0.4, 0.5) is 0 Å². The summed E-state index contributed by atoms with van der Waals surface area (Å²) in [7, 11) is -3.04. The van der Waals surface area contributed by atoms with Crippen molar-refractivity contribution in [2.45, 2.75) is 216 Å². The number of carbonyl (C=O) groups excluding carboxylic acids is 3. The van der Waals surface area contributed by atoms with E-state index in [2.05, 4.69) is 128 Å². The van der Waals surface area contributed by atoms with Gasteiger partial charge in [0.25, 0.3) is 0 Å². The number of carbonyl (C=O) groups is 3. The highest BCUT2D eigenvalue weighted by atomic mass is 28.4. The zero-order valence-electron chi connectivity index (χ0n) is 47.3. The van der Waals surface area contributed by atoms with Crippen molar-refractivity contribution in [3.8, 4) is 17.1 Å². The van der Waals surface area contributed by atoms with Crippen molar-refractivity contribution in [3.63, 3.8) is 0 Å². The first-order valence-corrected chi connectivity index (χ1v) is 32.1. The molecule has 13 heteroatoms. The minimum Gasteiger partial charge on any atom is -0.488 e. The van der Waals surface area contributed by atoms with E-state index >= 15 is 0 Å². The van der Waals surface area contributed by atoms with Crippen molar-refractivity contribution < 1.29 is 41.9 Å². The van der Waals surface area contributed by atoms with E-state index in [1.54, 1.807) is 31.5 Å². The third kappa shape index (κ3) is 10.1. The van der Waals surface area contributed by atoms with E-state index in [9.17, 15) is 19.2 Å². The van der Waals surface area contributed by atoms with Gasteiger partial charge in [0.2, 0.25) is 0 Å². The number of allylic oxidation sites excluding steroid dienone is 1. The molecule has 11 nitrogen and oxygen atoms in total. The monoisotopic (exact) mass is 1010 g/mol. The molecule has 2 fully saturated rings. The molecule has 2 saturated carbocycles. The molecule has 6 rings (SSSR count). The van der Waals surface area contributed by atoms with Gasteiger partial charge in [0.05, 0.1) is 31.2 Å². The molecule has 2 aliphatic carbocycles. The maximum absolute atomic E-state index is 14.4. The number of pyridine rings is 1. The van der Waals surface area contributed by atoms with Gasteiger partial charge in [-0.15, -0.1) is 0 Å². The standard InChI is InChI=1S/C31H45NO5Si.C26H46O5Si/c1-11-19(12-2)21-16-24(37-38(9,10)29(3,4)5)31(8)27(30(21,6)7)26(33)25-23(36-31)17-22(35-28(25)34)20-14-13-15-32-18-20;1-13-17(14-2)18-15-19(31-32(11,12)24(4,5)6)26(9)22(25(18,7)8)21(27)20(16(3)30-26)23(28)29-10/h13-15,17-19,21,24,27H,11-12,16H2,1-10H3;17-19,22H,13-15H2,1-12H3/t21-,24-,27+,31+;18-,19-,22+,26+/m00/s1. The molecular weight excluding hydrogens is 915 g/mol. The molecule has 0 spiro atoms. The molecule has 0 radical (unpaired) electrons. The Morgan fingerprint density at radius 2 is 1.19 bits per heavy atom.